The Balaban J connectivity index is 2.35. The van der Waals surface area contributed by atoms with Gasteiger partial charge in [-0.15, -0.1) is 11.6 Å². The number of benzene rings is 1. The third-order valence-corrected chi connectivity index (χ3v) is 3.17. The first-order chi connectivity index (χ1) is 9.20. The van der Waals surface area contributed by atoms with Gasteiger partial charge in [-0.05, 0) is 30.3 Å². The first-order valence-corrected chi connectivity index (χ1v) is 6.18. The Hall–Kier alpha value is -2.07. The number of carbonyl (C=O) groups is 1. The summed E-state index contributed by atoms with van der Waals surface area (Å²) in [5.74, 6) is -0.326. The van der Waals surface area contributed by atoms with Crippen LogP contribution in [0.5, 0.6) is 0 Å². The largest absolute Gasteiger partial charge is 0.463 e. The maximum Gasteiger partial charge on any atom is 0.180 e. The topological polar surface area (TPSA) is 46.0 Å². The minimum absolute atomic E-state index is 0.169. The molecule has 0 atom stereocenters. The van der Waals surface area contributed by atoms with E-state index in [2.05, 4.69) is 4.98 Å². The molecule has 3 nitrogen and oxygen atoms in total. The molecule has 0 aliphatic carbocycles. The fraction of sp³-hybridized carbons (Fsp3) is 0.0714. The number of nitrogens with one attached hydrogen (secondary N) is 1. The van der Waals surface area contributed by atoms with E-state index < -0.39 is 5.82 Å². The summed E-state index contributed by atoms with van der Waals surface area (Å²) in [6, 6.07) is 7.68. The molecule has 2 aromatic heterocycles. The average Bonchev–Trinajstić information content (AvgIpc) is 3.03. The summed E-state index contributed by atoms with van der Waals surface area (Å²) >= 11 is 5.63. The number of hydrogen-bond acceptors (Lipinski definition) is 2. The lowest BCUT2D eigenvalue weighted by molar-refractivity contribution is 0.102. The molecule has 2 heterocycles. The molecule has 1 N–H and O–H groups in total. The van der Waals surface area contributed by atoms with Crippen molar-refractivity contribution in [2.24, 2.45) is 0 Å². The Morgan fingerprint density at radius 1 is 1.37 bits per heavy atom. The molecule has 3 aromatic rings. The number of carbonyl (C=O) groups excluding carboxylic acids is 1. The molecule has 0 saturated carbocycles. The van der Waals surface area contributed by atoms with Crippen LogP contribution in [0.1, 0.15) is 10.4 Å². The van der Waals surface area contributed by atoms with Crippen molar-refractivity contribution >= 4 is 28.3 Å². The van der Waals surface area contributed by atoms with E-state index in [9.17, 15) is 9.18 Å². The number of halogens is 2. The first-order valence-electron chi connectivity index (χ1n) is 5.65. The lowest BCUT2D eigenvalue weighted by Crippen LogP contribution is -2.01. The van der Waals surface area contributed by atoms with Crippen molar-refractivity contribution in [2.75, 3.05) is 5.88 Å². The van der Waals surface area contributed by atoms with Crippen molar-refractivity contribution in [3.8, 4) is 11.5 Å². The number of H-pyrrole nitrogens is 1. The highest BCUT2D eigenvalue weighted by molar-refractivity contribution is 6.33. The van der Waals surface area contributed by atoms with Gasteiger partial charge in [-0.1, -0.05) is 0 Å². The van der Waals surface area contributed by atoms with Gasteiger partial charge in [-0.3, -0.25) is 4.79 Å². The fourth-order valence-corrected chi connectivity index (χ4v) is 2.26. The van der Waals surface area contributed by atoms with E-state index in [-0.39, 0.29) is 11.7 Å². The van der Waals surface area contributed by atoms with E-state index in [0.717, 1.165) is 0 Å². The van der Waals surface area contributed by atoms with Crippen LogP contribution in [0.4, 0.5) is 4.39 Å². The molecule has 0 amide bonds. The molecular weight excluding hydrogens is 269 g/mol. The molecule has 0 saturated heterocycles. The number of furan rings is 1. The van der Waals surface area contributed by atoms with Crippen molar-refractivity contribution in [1.82, 2.24) is 4.98 Å². The summed E-state index contributed by atoms with van der Waals surface area (Å²) in [7, 11) is 0. The minimum Gasteiger partial charge on any atom is -0.463 e. The van der Waals surface area contributed by atoms with Crippen molar-refractivity contribution in [3.05, 3.63) is 48.0 Å². The second kappa shape index (κ2) is 4.55. The van der Waals surface area contributed by atoms with Gasteiger partial charge >= 0.3 is 0 Å². The van der Waals surface area contributed by atoms with Crippen LogP contribution in [0.15, 0.2) is 41.0 Å². The Labute approximate surface area is 113 Å². The van der Waals surface area contributed by atoms with Crippen LogP contribution >= 0.6 is 11.6 Å². The van der Waals surface area contributed by atoms with Crippen LogP contribution in [0.3, 0.4) is 0 Å². The molecule has 0 bridgehead atoms. The van der Waals surface area contributed by atoms with Gasteiger partial charge in [0.15, 0.2) is 11.5 Å². The van der Waals surface area contributed by atoms with Crippen LogP contribution < -0.4 is 0 Å². The standard InChI is InChI=1S/C14H9ClFNO2/c15-7-11(18)13-9-6-8(16)3-4-10(9)17-14(13)12-2-1-5-19-12/h1-6,17H,7H2. The second-order valence-corrected chi connectivity index (χ2v) is 4.37. The number of rotatable bonds is 3. The predicted octanol–water partition coefficient (Wildman–Crippen LogP) is 3.99. The second-order valence-electron chi connectivity index (χ2n) is 4.10. The lowest BCUT2D eigenvalue weighted by Gasteiger charge is -1.99. The number of aromatic amines is 1. The van der Waals surface area contributed by atoms with Crippen LogP contribution in [0, 0.1) is 5.82 Å². The third-order valence-electron chi connectivity index (χ3n) is 2.93. The maximum absolute atomic E-state index is 13.4. The predicted molar refractivity (Wildman–Crippen MR) is 71.0 cm³/mol. The molecule has 19 heavy (non-hydrogen) atoms. The molecule has 0 radical (unpaired) electrons. The van der Waals surface area contributed by atoms with Gasteiger partial charge in [0, 0.05) is 10.9 Å². The highest BCUT2D eigenvalue weighted by Crippen LogP contribution is 2.31. The molecule has 1 aromatic carbocycles. The van der Waals surface area contributed by atoms with E-state index >= 15 is 0 Å². The molecule has 0 spiro atoms. The summed E-state index contributed by atoms with van der Waals surface area (Å²) in [5.41, 5.74) is 1.55. The highest BCUT2D eigenvalue weighted by atomic mass is 35.5. The number of aromatic nitrogens is 1. The summed E-state index contributed by atoms with van der Waals surface area (Å²) in [4.78, 5) is 15.1. The zero-order chi connectivity index (χ0) is 13.4. The molecule has 0 fully saturated rings. The number of fused-ring (bicyclic) bond motifs is 1. The summed E-state index contributed by atoms with van der Waals surface area (Å²) < 4.78 is 18.6. The van der Waals surface area contributed by atoms with E-state index in [1.54, 1.807) is 18.2 Å². The van der Waals surface area contributed by atoms with Crippen LogP contribution in [-0.2, 0) is 0 Å². The SMILES string of the molecule is O=C(CCl)c1c(-c2ccco2)[nH]c2ccc(F)cc12. The van der Waals surface area contributed by atoms with Crippen LogP contribution in [-0.4, -0.2) is 16.6 Å². The zero-order valence-corrected chi connectivity index (χ0v) is 10.5. The van der Waals surface area contributed by atoms with Crippen LogP contribution in [0.2, 0.25) is 0 Å². The molecule has 5 heteroatoms. The Morgan fingerprint density at radius 2 is 2.21 bits per heavy atom. The van der Waals surface area contributed by atoms with Crippen molar-refractivity contribution in [2.45, 2.75) is 0 Å². The quantitative estimate of drug-likeness (QED) is 0.581. The normalized spacial score (nSPS) is 11.1. The maximum atomic E-state index is 13.4. The number of alkyl halides is 1. The molecule has 0 aliphatic rings. The Bertz CT molecular complexity index is 746. The molecule has 0 aliphatic heterocycles. The molecular formula is C14H9ClFNO2. The smallest absolute Gasteiger partial charge is 0.180 e. The lowest BCUT2D eigenvalue weighted by atomic mass is 10.1. The van der Waals surface area contributed by atoms with Gasteiger partial charge in [0.05, 0.1) is 23.4 Å². The van der Waals surface area contributed by atoms with Gasteiger partial charge in [-0.25, -0.2) is 4.39 Å². The average molecular weight is 278 g/mol. The van der Waals surface area contributed by atoms with E-state index in [1.165, 1.54) is 18.4 Å². The van der Waals surface area contributed by atoms with Gasteiger partial charge in [0.1, 0.15) is 5.82 Å². The molecule has 0 unspecified atom stereocenters. The van der Waals surface area contributed by atoms with Gasteiger partial charge in [0.2, 0.25) is 0 Å². The minimum atomic E-state index is -0.402. The summed E-state index contributed by atoms with van der Waals surface area (Å²) in [6.45, 7) is 0. The summed E-state index contributed by atoms with van der Waals surface area (Å²) in [5, 5.41) is 0.511. The molecule has 3 rings (SSSR count). The van der Waals surface area contributed by atoms with Gasteiger partial charge in [0.25, 0.3) is 0 Å². The van der Waals surface area contributed by atoms with Crippen molar-refractivity contribution in [3.63, 3.8) is 0 Å². The van der Waals surface area contributed by atoms with E-state index in [1.807, 2.05) is 0 Å². The van der Waals surface area contributed by atoms with Crippen LogP contribution in [0.25, 0.3) is 22.4 Å². The number of ketones is 1. The Kier molecular flexibility index (Phi) is 2.87. The Morgan fingerprint density at radius 3 is 2.89 bits per heavy atom. The van der Waals surface area contributed by atoms with E-state index in [0.29, 0.717) is 27.9 Å². The van der Waals surface area contributed by atoms with Gasteiger partial charge < -0.3 is 9.40 Å². The zero-order valence-electron chi connectivity index (χ0n) is 9.74. The van der Waals surface area contributed by atoms with E-state index in [4.69, 9.17) is 16.0 Å². The summed E-state index contributed by atoms with van der Waals surface area (Å²) in [6.07, 6.45) is 1.51. The van der Waals surface area contributed by atoms with Crippen molar-refractivity contribution in [1.29, 1.82) is 0 Å². The third kappa shape index (κ3) is 1.94. The van der Waals surface area contributed by atoms with Crippen molar-refractivity contribution < 1.29 is 13.6 Å². The monoisotopic (exact) mass is 277 g/mol. The van der Waals surface area contributed by atoms with Gasteiger partial charge in [-0.2, -0.15) is 0 Å². The fourth-order valence-electron chi connectivity index (χ4n) is 2.13. The molecule has 96 valence electrons. The first kappa shape index (κ1) is 12.0. The number of hydrogen-bond donors (Lipinski definition) is 1. The number of Topliss-reactive ketones (excluding diaryl/α,β-unsaturated/α-hetero) is 1. The highest BCUT2D eigenvalue weighted by Gasteiger charge is 2.20.